The van der Waals surface area contributed by atoms with Crippen LogP contribution in [0.15, 0.2) is 16.7 Å². The summed E-state index contributed by atoms with van der Waals surface area (Å²) in [6, 6.07) is 3.70. The molecule has 0 saturated carbocycles. The quantitative estimate of drug-likeness (QED) is 0.901. The molecule has 0 radical (unpaired) electrons. The third-order valence-corrected chi connectivity index (χ3v) is 3.78. The molecular weight excluding hydrogens is 250 g/mol. The lowest BCUT2D eigenvalue weighted by atomic mass is 10.0. The van der Waals surface area contributed by atoms with Gasteiger partial charge in [0.05, 0.1) is 9.88 Å². The normalized spacial score (nSPS) is 14.6. The smallest absolute Gasteiger partial charge is 0.268 e. The summed E-state index contributed by atoms with van der Waals surface area (Å²) in [5.74, 6) is 1.07. The lowest BCUT2D eigenvalue weighted by molar-refractivity contribution is -0.0403. The molecule has 98 valence electrons. The summed E-state index contributed by atoms with van der Waals surface area (Å²) in [6.45, 7) is 6.57. The van der Waals surface area contributed by atoms with Gasteiger partial charge in [0.25, 0.3) is 5.89 Å². The molecule has 0 fully saturated rings. The van der Waals surface area contributed by atoms with Crippen molar-refractivity contribution in [1.29, 1.82) is 0 Å². The van der Waals surface area contributed by atoms with Crippen molar-refractivity contribution in [3.63, 3.8) is 0 Å². The zero-order chi connectivity index (χ0) is 13.2. The van der Waals surface area contributed by atoms with Crippen molar-refractivity contribution in [3.8, 4) is 10.8 Å². The van der Waals surface area contributed by atoms with Gasteiger partial charge in [0.2, 0.25) is 5.82 Å². The highest BCUT2D eigenvalue weighted by molar-refractivity contribution is 7.19. The van der Waals surface area contributed by atoms with Crippen molar-refractivity contribution in [2.45, 2.75) is 32.8 Å². The third-order valence-electron chi connectivity index (χ3n) is 2.87. The maximum Gasteiger partial charge on any atom is 0.268 e. The van der Waals surface area contributed by atoms with Crippen molar-refractivity contribution in [2.24, 2.45) is 0 Å². The Balaban J connectivity index is 2.29. The van der Waals surface area contributed by atoms with Crippen molar-refractivity contribution < 1.29 is 9.26 Å². The fraction of sp³-hybridized carbons (Fsp3) is 0.500. The highest BCUT2D eigenvalue weighted by Crippen LogP contribution is 2.32. The summed E-state index contributed by atoms with van der Waals surface area (Å²) in [5.41, 5.74) is 5.19. The van der Waals surface area contributed by atoms with Gasteiger partial charge in [-0.15, -0.1) is 11.3 Å². The molecule has 0 aromatic carbocycles. The van der Waals surface area contributed by atoms with E-state index in [-0.39, 0.29) is 0 Å². The topological polar surface area (TPSA) is 74.2 Å². The average molecular weight is 267 g/mol. The van der Waals surface area contributed by atoms with Crippen molar-refractivity contribution in [2.75, 3.05) is 12.3 Å². The lowest BCUT2D eigenvalue weighted by Crippen LogP contribution is -2.26. The van der Waals surface area contributed by atoms with Crippen LogP contribution in [-0.2, 0) is 10.3 Å². The molecule has 2 N–H and O–H groups in total. The first-order valence-corrected chi connectivity index (χ1v) is 6.74. The van der Waals surface area contributed by atoms with Gasteiger partial charge in [-0.25, -0.2) is 0 Å². The van der Waals surface area contributed by atoms with E-state index in [1.165, 1.54) is 11.3 Å². The van der Waals surface area contributed by atoms with Gasteiger partial charge in [0.15, 0.2) is 0 Å². The minimum absolute atomic E-state index is 0.492. The number of anilines is 1. The van der Waals surface area contributed by atoms with Crippen LogP contribution in [0.25, 0.3) is 10.8 Å². The summed E-state index contributed by atoms with van der Waals surface area (Å²) in [4.78, 5) is 5.28. The Morgan fingerprint density at radius 2 is 2.22 bits per heavy atom. The number of aromatic nitrogens is 2. The summed E-state index contributed by atoms with van der Waals surface area (Å²) < 4.78 is 11.0. The maximum absolute atomic E-state index is 5.71. The Morgan fingerprint density at radius 1 is 1.44 bits per heavy atom. The molecule has 5 nitrogen and oxygen atoms in total. The minimum Gasteiger partial charge on any atom is -0.391 e. The van der Waals surface area contributed by atoms with Gasteiger partial charge in [-0.1, -0.05) is 12.1 Å². The van der Waals surface area contributed by atoms with Crippen LogP contribution in [-0.4, -0.2) is 16.7 Å². The fourth-order valence-corrected chi connectivity index (χ4v) is 2.35. The van der Waals surface area contributed by atoms with Crippen LogP contribution in [0.1, 0.15) is 33.0 Å². The predicted molar refractivity (Wildman–Crippen MR) is 71.3 cm³/mol. The SMILES string of the molecule is CCOC(C)(CC)c1noc(-c2ccc(N)s2)n1. The standard InChI is InChI=1S/C12H17N3O2S/c1-4-12(3,16-5-2)11-14-10(17-15-11)8-6-7-9(13)18-8/h6-7H,4-5,13H2,1-3H3. The number of thiophene rings is 1. The van der Waals surface area contributed by atoms with Crippen LogP contribution in [0.4, 0.5) is 5.00 Å². The van der Waals surface area contributed by atoms with Crippen LogP contribution in [0.5, 0.6) is 0 Å². The molecule has 2 rings (SSSR count). The number of nitrogen functional groups attached to an aromatic ring is 1. The van der Waals surface area contributed by atoms with Gasteiger partial charge < -0.3 is 15.0 Å². The number of nitrogens with two attached hydrogens (primary N) is 1. The molecule has 6 heteroatoms. The highest BCUT2D eigenvalue weighted by Gasteiger charge is 2.31. The number of hydrogen-bond acceptors (Lipinski definition) is 6. The van der Waals surface area contributed by atoms with Gasteiger partial charge in [-0.2, -0.15) is 4.98 Å². The zero-order valence-electron chi connectivity index (χ0n) is 10.8. The summed E-state index contributed by atoms with van der Waals surface area (Å²) >= 11 is 1.43. The molecule has 2 aromatic rings. The largest absolute Gasteiger partial charge is 0.391 e. The molecule has 1 unspecified atom stereocenters. The number of rotatable bonds is 5. The monoisotopic (exact) mass is 267 g/mol. The second kappa shape index (κ2) is 5.07. The van der Waals surface area contributed by atoms with Crippen molar-refractivity contribution in [1.82, 2.24) is 10.1 Å². The second-order valence-corrected chi connectivity index (χ2v) is 5.26. The molecule has 0 aliphatic carbocycles. The average Bonchev–Trinajstić information content (AvgIpc) is 2.97. The first kappa shape index (κ1) is 13.0. The Kier molecular flexibility index (Phi) is 3.68. The summed E-state index contributed by atoms with van der Waals surface area (Å²) in [7, 11) is 0. The van der Waals surface area contributed by atoms with Crippen LogP contribution >= 0.6 is 11.3 Å². The molecule has 0 amide bonds. The lowest BCUT2D eigenvalue weighted by Gasteiger charge is -2.23. The van der Waals surface area contributed by atoms with E-state index < -0.39 is 5.60 Å². The third kappa shape index (κ3) is 2.39. The molecule has 0 aliphatic heterocycles. The first-order valence-electron chi connectivity index (χ1n) is 5.93. The Bertz CT molecular complexity index is 523. The number of nitrogens with zero attached hydrogens (tertiary/aromatic N) is 2. The van der Waals surface area contributed by atoms with Gasteiger partial charge >= 0.3 is 0 Å². The minimum atomic E-state index is -0.501. The number of hydrogen-bond donors (Lipinski definition) is 1. The van der Waals surface area contributed by atoms with Crippen LogP contribution < -0.4 is 5.73 Å². The molecule has 18 heavy (non-hydrogen) atoms. The van der Waals surface area contributed by atoms with Gasteiger partial charge in [-0.3, -0.25) is 0 Å². The molecular formula is C12H17N3O2S. The van der Waals surface area contributed by atoms with E-state index >= 15 is 0 Å². The van der Waals surface area contributed by atoms with Crippen LogP contribution in [0.2, 0.25) is 0 Å². The maximum atomic E-state index is 5.71. The van der Waals surface area contributed by atoms with E-state index in [9.17, 15) is 0 Å². The Morgan fingerprint density at radius 3 is 2.78 bits per heavy atom. The van der Waals surface area contributed by atoms with Crippen LogP contribution in [0, 0.1) is 0 Å². The van der Waals surface area contributed by atoms with E-state index in [0.29, 0.717) is 18.3 Å². The van der Waals surface area contributed by atoms with E-state index in [2.05, 4.69) is 10.1 Å². The molecule has 2 heterocycles. The molecule has 2 aromatic heterocycles. The van der Waals surface area contributed by atoms with E-state index in [0.717, 1.165) is 16.3 Å². The molecule has 0 bridgehead atoms. The molecule has 1 atom stereocenters. The van der Waals surface area contributed by atoms with Gasteiger partial charge in [0, 0.05) is 6.61 Å². The molecule has 0 aliphatic rings. The van der Waals surface area contributed by atoms with Gasteiger partial charge in [-0.05, 0) is 32.4 Å². The Labute approximate surface area is 110 Å². The summed E-state index contributed by atoms with van der Waals surface area (Å²) in [6.07, 6.45) is 0.784. The van der Waals surface area contributed by atoms with Crippen LogP contribution in [0.3, 0.4) is 0 Å². The Hall–Kier alpha value is -1.40. The van der Waals surface area contributed by atoms with E-state index in [4.69, 9.17) is 15.0 Å². The summed E-state index contributed by atoms with van der Waals surface area (Å²) in [5, 5.41) is 4.75. The first-order chi connectivity index (χ1) is 8.59. The van der Waals surface area contributed by atoms with E-state index in [1.807, 2.05) is 32.9 Å². The fourth-order valence-electron chi connectivity index (χ4n) is 1.65. The number of ether oxygens (including phenoxy) is 1. The predicted octanol–water partition coefficient (Wildman–Crippen LogP) is 3.04. The molecule has 0 saturated heterocycles. The molecule has 0 spiro atoms. The van der Waals surface area contributed by atoms with Crippen molar-refractivity contribution >= 4 is 16.3 Å². The van der Waals surface area contributed by atoms with Gasteiger partial charge in [0.1, 0.15) is 5.60 Å². The highest BCUT2D eigenvalue weighted by atomic mass is 32.1. The van der Waals surface area contributed by atoms with Crippen molar-refractivity contribution in [3.05, 3.63) is 18.0 Å². The van der Waals surface area contributed by atoms with E-state index in [1.54, 1.807) is 0 Å². The second-order valence-electron chi connectivity index (χ2n) is 4.14. The zero-order valence-corrected chi connectivity index (χ0v) is 11.6.